The molecule has 0 amide bonds. The van der Waals surface area contributed by atoms with Gasteiger partial charge in [-0.25, -0.2) is 0 Å². The van der Waals surface area contributed by atoms with Crippen molar-refractivity contribution in [1.29, 1.82) is 0 Å². The van der Waals surface area contributed by atoms with Crippen molar-refractivity contribution < 1.29 is 40.5 Å². The van der Waals surface area contributed by atoms with Crippen LogP contribution >= 0.6 is 0 Å². The zero-order chi connectivity index (χ0) is 29.0. The van der Waals surface area contributed by atoms with Crippen LogP contribution in [-0.4, -0.2) is 94.7 Å². The average Bonchev–Trinajstić information content (AvgIpc) is 2.96. The molecule has 0 aromatic rings. The number of piperazine rings is 1. The number of hydrogen-bond donors (Lipinski definition) is 0. The first-order chi connectivity index (χ1) is 19.6. The quantitative estimate of drug-likeness (QED) is 0.0540. The molecule has 7 heteroatoms. The lowest BCUT2D eigenvalue weighted by Gasteiger charge is -2.42. The smallest absolute Gasteiger partial charge is 0.307 e. The highest BCUT2D eigenvalue weighted by atomic mass is 79.9. The first kappa shape index (κ1) is 40.5. The van der Waals surface area contributed by atoms with E-state index in [4.69, 9.17) is 14.2 Å². The summed E-state index contributed by atoms with van der Waals surface area (Å²) in [5.74, 6) is -0.117. The van der Waals surface area contributed by atoms with E-state index >= 15 is 0 Å². The van der Waals surface area contributed by atoms with Gasteiger partial charge in [-0.05, 0) is 38.5 Å². The lowest BCUT2D eigenvalue weighted by atomic mass is 10.1. The number of halogens is 1. The fourth-order valence-electron chi connectivity index (χ4n) is 5.29. The minimum atomic E-state index is -0.117. The molecule has 0 saturated carbocycles. The maximum Gasteiger partial charge on any atom is 0.307 e. The van der Waals surface area contributed by atoms with Gasteiger partial charge in [0, 0.05) is 26.2 Å². The highest BCUT2D eigenvalue weighted by Gasteiger charge is 2.28. The third-order valence-corrected chi connectivity index (χ3v) is 8.26. The number of quaternary nitrogens is 1. The Morgan fingerprint density at radius 3 is 1.80 bits per heavy atom. The molecule has 0 aromatic carbocycles. The lowest BCUT2D eigenvalue weighted by Crippen LogP contribution is -3.00. The number of ether oxygens (including phenoxy) is 3. The Labute approximate surface area is 265 Å². The molecule has 0 atom stereocenters. The van der Waals surface area contributed by atoms with E-state index in [9.17, 15) is 4.79 Å². The maximum absolute atomic E-state index is 12.0. The third kappa shape index (κ3) is 25.7. The van der Waals surface area contributed by atoms with E-state index in [-0.39, 0.29) is 23.0 Å². The zero-order valence-electron chi connectivity index (χ0n) is 27.4. The van der Waals surface area contributed by atoms with Gasteiger partial charge in [-0.1, -0.05) is 90.2 Å². The third-order valence-electron chi connectivity index (χ3n) is 8.26. The summed E-state index contributed by atoms with van der Waals surface area (Å²) in [7, 11) is 2.37. The summed E-state index contributed by atoms with van der Waals surface area (Å²) in [5, 5.41) is 0. The Bertz CT molecular complexity index is 597. The molecule has 0 spiro atoms. The van der Waals surface area contributed by atoms with Crippen molar-refractivity contribution >= 4 is 5.97 Å². The Hall–Kier alpha value is -0.470. The van der Waals surface area contributed by atoms with Gasteiger partial charge < -0.3 is 35.7 Å². The standard InChI is InChI=1S/C34H67N2O4.BrH/c1-4-6-8-9-10-11-12-13-14-15-16-17-18-19-20-21-29-38-30-31-39-32-33-40-34(37)22-23-35-24-27-36(3,28-25-35)26-7-5-2;/h13-14H,4-12,15-33H2,1-3H3;1H/q+1;/p-1. The predicted molar refractivity (Wildman–Crippen MR) is 169 cm³/mol. The molecule has 6 nitrogen and oxygen atoms in total. The largest absolute Gasteiger partial charge is 1.00 e. The number of carbonyl (C=O) groups is 1. The minimum Gasteiger partial charge on any atom is -1.00 e. The number of carbonyl (C=O) groups excluding carboxylic acids is 1. The fourth-order valence-corrected chi connectivity index (χ4v) is 5.29. The Morgan fingerprint density at radius 1 is 0.683 bits per heavy atom. The molecule has 1 fully saturated rings. The van der Waals surface area contributed by atoms with Crippen LogP contribution in [0.5, 0.6) is 0 Å². The number of nitrogens with zero attached hydrogens (tertiary/aromatic N) is 2. The number of likely N-dealkylation sites (N-methyl/N-ethyl adjacent to an activating group) is 1. The van der Waals surface area contributed by atoms with Crippen molar-refractivity contribution in [3.05, 3.63) is 12.2 Å². The van der Waals surface area contributed by atoms with Crippen molar-refractivity contribution in [2.24, 2.45) is 0 Å². The summed E-state index contributed by atoms with van der Waals surface area (Å²) in [6.45, 7) is 13.9. The monoisotopic (exact) mass is 646 g/mol. The predicted octanol–water partition coefficient (Wildman–Crippen LogP) is 4.56. The van der Waals surface area contributed by atoms with Crippen molar-refractivity contribution in [1.82, 2.24) is 4.90 Å². The summed E-state index contributed by atoms with van der Waals surface area (Å²) < 4.78 is 17.7. The van der Waals surface area contributed by atoms with Crippen LogP contribution in [0.4, 0.5) is 0 Å². The highest BCUT2D eigenvalue weighted by Crippen LogP contribution is 2.13. The minimum absolute atomic E-state index is 0. The molecule has 41 heavy (non-hydrogen) atoms. The molecule has 1 saturated heterocycles. The van der Waals surface area contributed by atoms with Crippen LogP contribution in [0.15, 0.2) is 12.2 Å². The molecule has 0 unspecified atom stereocenters. The molecule has 0 aliphatic carbocycles. The van der Waals surface area contributed by atoms with E-state index in [0.717, 1.165) is 32.7 Å². The van der Waals surface area contributed by atoms with Crippen molar-refractivity contribution in [3.63, 3.8) is 0 Å². The Morgan fingerprint density at radius 2 is 1.20 bits per heavy atom. The molecule has 1 aliphatic rings. The molecule has 0 bridgehead atoms. The molecule has 1 aliphatic heterocycles. The molecule has 1 heterocycles. The van der Waals surface area contributed by atoms with E-state index < -0.39 is 0 Å². The molecule has 0 radical (unpaired) electrons. The van der Waals surface area contributed by atoms with Crippen LogP contribution in [0, 0.1) is 0 Å². The van der Waals surface area contributed by atoms with Crippen molar-refractivity contribution in [3.8, 4) is 0 Å². The summed E-state index contributed by atoms with van der Waals surface area (Å²) >= 11 is 0. The van der Waals surface area contributed by atoms with Crippen LogP contribution in [-0.2, 0) is 19.0 Å². The van der Waals surface area contributed by atoms with E-state index in [1.807, 2.05) is 0 Å². The molecule has 1 rings (SSSR count). The van der Waals surface area contributed by atoms with Crippen LogP contribution in [0.25, 0.3) is 0 Å². The maximum atomic E-state index is 12.0. The number of unbranched alkanes of at least 4 members (excludes halogenated alkanes) is 13. The van der Waals surface area contributed by atoms with Crippen LogP contribution in [0.3, 0.4) is 0 Å². The number of esters is 1. The Balaban J connectivity index is 0.0000160. The Kier molecular flexibility index (Phi) is 29.3. The normalized spacial score (nSPS) is 15.3. The summed E-state index contributed by atoms with van der Waals surface area (Å²) in [6, 6.07) is 0. The number of rotatable bonds is 28. The van der Waals surface area contributed by atoms with Crippen molar-refractivity contribution in [2.45, 2.75) is 123 Å². The average molecular weight is 648 g/mol. The van der Waals surface area contributed by atoms with Crippen LogP contribution in [0.2, 0.25) is 0 Å². The van der Waals surface area contributed by atoms with Gasteiger partial charge in [-0.3, -0.25) is 9.69 Å². The lowest BCUT2D eigenvalue weighted by molar-refractivity contribution is -0.913. The zero-order valence-corrected chi connectivity index (χ0v) is 28.9. The van der Waals surface area contributed by atoms with Gasteiger partial charge in [0.25, 0.3) is 0 Å². The van der Waals surface area contributed by atoms with Crippen LogP contribution in [0.1, 0.15) is 123 Å². The second kappa shape index (κ2) is 29.6. The van der Waals surface area contributed by atoms with E-state index in [1.54, 1.807) is 0 Å². The molecular formula is C34H67BrN2O4. The number of hydrogen-bond acceptors (Lipinski definition) is 5. The fraction of sp³-hybridized carbons (Fsp3) is 0.912. The van der Waals surface area contributed by atoms with Gasteiger partial charge in [0.05, 0.1) is 52.9 Å². The van der Waals surface area contributed by atoms with Gasteiger partial charge in [0.1, 0.15) is 6.61 Å². The molecular weight excluding hydrogens is 580 g/mol. The first-order valence-electron chi connectivity index (χ1n) is 17.1. The molecule has 0 aromatic heterocycles. The van der Waals surface area contributed by atoms with Gasteiger partial charge in [-0.2, -0.15) is 0 Å². The summed E-state index contributed by atoms with van der Waals surface area (Å²) in [5.41, 5.74) is 0. The first-order valence-corrected chi connectivity index (χ1v) is 17.1. The second-order valence-corrected chi connectivity index (χ2v) is 12.1. The highest BCUT2D eigenvalue weighted by molar-refractivity contribution is 5.69. The van der Waals surface area contributed by atoms with Crippen LogP contribution < -0.4 is 17.0 Å². The topological polar surface area (TPSA) is 48.0 Å². The number of allylic oxidation sites excluding steroid dienone is 2. The van der Waals surface area contributed by atoms with Crippen molar-refractivity contribution in [2.75, 3.05) is 79.4 Å². The van der Waals surface area contributed by atoms with Gasteiger partial charge in [0.2, 0.25) is 0 Å². The van der Waals surface area contributed by atoms with E-state index in [2.05, 4.69) is 37.9 Å². The van der Waals surface area contributed by atoms with E-state index in [0.29, 0.717) is 32.8 Å². The van der Waals surface area contributed by atoms with Gasteiger partial charge >= 0.3 is 5.97 Å². The van der Waals surface area contributed by atoms with E-state index in [1.165, 1.54) is 120 Å². The summed E-state index contributed by atoms with van der Waals surface area (Å²) in [4.78, 5) is 14.4. The second-order valence-electron chi connectivity index (χ2n) is 12.1. The molecule has 0 N–H and O–H groups in total. The van der Waals surface area contributed by atoms with Gasteiger partial charge in [0.15, 0.2) is 0 Å². The van der Waals surface area contributed by atoms with Gasteiger partial charge in [-0.15, -0.1) is 0 Å². The SMILES string of the molecule is CCCCCCCCC=CCCCCCCCCOCCOCCOC(=O)CCN1CC[N+](C)(CCCC)CC1.[Br-]. The summed E-state index contributed by atoms with van der Waals surface area (Å²) in [6.07, 6.45) is 26.4. The molecule has 244 valence electrons.